The molecular weight excluding hydrogens is 330 g/mol. The fraction of sp³-hybridized carbons (Fsp3) is 0.167. The van der Waals surface area contributed by atoms with Crippen LogP contribution in [-0.2, 0) is 0 Å². The lowest BCUT2D eigenvalue weighted by atomic mass is 10.1. The lowest BCUT2D eigenvalue weighted by Crippen LogP contribution is -2.36. The highest BCUT2D eigenvalue weighted by Crippen LogP contribution is 2.29. The van der Waals surface area contributed by atoms with Gasteiger partial charge in [-0.15, -0.1) is 5.11 Å². The van der Waals surface area contributed by atoms with Crippen molar-refractivity contribution in [2.24, 2.45) is 10.3 Å². The van der Waals surface area contributed by atoms with Gasteiger partial charge in [-0.3, -0.25) is 0 Å². The standard InChI is InChI=1S/C24H23N3/c1-24(2,3)27(23-15-13-19-9-5-7-11-21(19)17-23)26-25-22-14-12-18-8-4-6-10-20(18)16-22/h4-17H,1-3H3. The van der Waals surface area contributed by atoms with Crippen LogP contribution in [0.1, 0.15) is 20.8 Å². The Hall–Kier alpha value is -3.20. The first-order chi connectivity index (χ1) is 13.0. The maximum atomic E-state index is 4.61. The molecule has 4 aromatic rings. The van der Waals surface area contributed by atoms with Gasteiger partial charge in [-0.05, 0) is 66.6 Å². The first-order valence-electron chi connectivity index (χ1n) is 9.20. The minimum Gasteiger partial charge on any atom is -0.242 e. The quantitative estimate of drug-likeness (QED) is 0.280. The van der Waals surface area contributed by atoms with Crippen molar-refractivity contribution in [3.63, 3.8) is 0 Å². The Bertz CT molecular complexity index is 1120. The lowest BCUT2D eigenvalue weighted by molar-refractivity contribution is 0.503. The summed E-state index contributed by atoms with van der Waals surface area (Å²) in [5, 5.41) is 15.9. The summed E-state index contributed by atoms with van der Waals surface area (Å²) in [5.74, 6) is 0. The molecule has 0 saturated carbocycles. The molecule has 0 unspecified atom stereocenters. The third kappa shape index (κ3) is 3.68. The molecule has 0 N–H and O–H groups in total. The summed E-state index contributed by atoms with van der Waals surface area (Å²) in [6.45, 7) is 6.42. The van der Waals surface area contributed by atoms with E-state index in [1.165, 1.54) is 21.5 Å². The number of hydrogen-bond donors (Lipinski definition) is 0. The van der Waals surface area contributed by atoms with Crippen molar-refractivity contribution in [2.75, 3.05) is 5.01 Å². The van der Waals surface area contributed by atoms with Crippen LogP contribution in [-0.4, -0.2) is 5.54 Å². The molecule has 0 aliphatic heterocycles. The molecule has 0 aliphatic rings. The third-order valence-electron chi connectivity index (χ3n) is 4.60. The molecule has 134 valence electrons. The highest BCUT2D eigenvalue weighted by atomic mass is 15.6. The Balaban J connectivity index is 1.71. The van der Waals surface area contributed by atoms with Crippen LogP contribution in [0.5, 0.6) is 0 Å². The van der Waals surface area contributed by atoms with Gasteiger partial charge in [-0.25, -0.2) is 5.01 Å². The van der Waals surface area contributed by atoms with Crippen LogP contribution in [0.2, 0.25) is 0 Å². The zero-order valence-corrected chi connectivity index (χ0v) is 15.9. The Morgan fingerprint density at radius 2 is 1.19 bits per heavy atom. The van der Waals surface area contributed by atoms with Crippen molar-refractivity contribution in [1.82, 2.24) is 0 Å². The average molecular weight is 353 g/mol. The minimum absolute atomic E-state index is 0.192. The van der Waals surface area contributed by atoms with Crippen molar-refractivity contribution in [3.8, 4) is 0 Å². The van der Waals surface area contributed by atoms with E-state index in [9.17, 15) is 0 Å². The van der Waals surface area contributed by atoms with E-state index in [0.717, 1.165) is 11.4 Å². The van der Waals surface area contributed by atoms with Crippen LogP contribution in [0.4, 0.5) is 11.4 Å². The van der Waals surface area contributed by atoms with E-state index in [4.69, 9.17) is 0 Å². The highest BCUT2D eigenvalue weighted by Gasteiger charge is 2.22. The number of nitrogens with zero attached hydrogens (tertiary/aromatic N) is 3. The Kier molecular flexibility index (Phi) is 4.36. The van der Waals surface area contributed by atoms with E-state index >= 15 is 0 Å². The molecule has 0 saturated heterocycles. The van der Waals surface area contributed by atoms with Gasteiger partial charge in [0.25, 0.3) is 0 Å². The molecule has 0 amide bonds. The van der Waals surface area contributed by atoms with Crippen LogP contribution in [0.25, 0.3) is 21.5 Å². The summed E-state index contributed by atoms with van der Waals surface area (Å²) in [6, 6.07) is 29.2. The van der Waals surface area contributed by atoms with Gasteiger partial charge < -0.3 is 0 Å². The lowest BCUT2D eigenvalue weighted by Gasteiger charge is -2.31. The highest BCUT2D eigenvalue weighted by molar-refractivity contribution is 5.86. The zero-order valence-electron chi connectivity index (χ0n) is 15.9. The van der Waals surface area contributed by atoms with Gasteiger partial charge in [0.2, 0.25) is 0 Å². The second-order valence-corrected chi connectivity index (χ2v) is 7.73. The van der Waals surface area contributed by atoms with E-state index in [2.05, 4.69) is 97.8 Å². The fourth-order valence-corrected chi connectivity index (χ4v) is 3.22. The Morgan fingerprint density at radius 3 is 1.81 bits per heavy atom. The Labute approximate surface area is 159 Å². The maximum Gasteiger partial charge on any atom is 0.0880 e. The molecule has 0 spiro atoms. The van der Waals surface area contributed by atoms with Gasteiger partial charge in [-0.1, -0.05) is 65.9 Å². The maximum absolute atomic E-state index is 4.61. The van der Waals surface area contributed by atoms with Crippen molar-refractivity contribution >= 4 is 32.9 Å². The van der Waals surface area contributed by atoms with Gasteiger partial charge in [0.05, 0.1) is 16.9 Å². The van der Waals surface area contributed by atoms with E-state index in [-0.39, 0.29) is 5.54 Å². The predicted octanol–water partition coefficient (Wildman–Crippen LogP) is 7.30. The molecular formula is C24H23N3. The van der Waals surface area contributed by atoms with E-state index in [1.807, 2.05) is 23.2 Å². The summed E-state index contributed by atoms with van der Waals surface area (Å²) in [7, 11) is 0. The van der Waals surface area contributed by atoms with Gasteiger partial charge in [0, 0.05) is 0 Å². The molecule has 3 nitrogen and oxygen atoms in total. The first kappa shape index (κ1) is 17.2. The monoisotopic (exact) mass is 353 g/mol. The van der Waals surface area contributed by atoms with Gasteiger partial charge >= 0.3 is 0 Å². The predicted molar refractivity (Wildman–Crippen MR) is 115 cm³/mol. The van der Waals surface area contributed by atoms with E-state index in [1.54, 1.807) is 0 Å². The molecule has 0 aromatic heterocycles. The minimum atomic E-state index is -0.192. The topological polar surface area (TPSA) is 28.0 Å². The van der Waals surface area contributed by atoms with Gasteiger partial charge in [0.1, 0.15) is 0 Å². The van der Waals surface area contributed by atoms with Crippen LogP contribution >= 0.6 is 0 Å². The van der Waals surface area contributed by atoms with E-state index in [0.29, 0.717) is 0 Å². The van der Waals surface area contributed by atoms with Crippen LogP contribution in [0.15, 0.2) is 95.3 Å². The van der Waals surface area contributed by atoms with Crippen molar-refractivity contribution < 1.29 is 0 Å². The molecule has 0 heterocycles. The largest absolute Gasteiger partial charge is 0.242 e. The van der Waals surface area contributed by atoms with Crippen LogP contribution in [0.3, 0.4) is 0 Å². The van der Waals surface area contributed by atoms with Crippen LogP contribution < -0.4 is 5.01 Å². The molecule has 4 aromatic carbocycles. The summed E-state index contributed by atoms with van der Waals surface area (Å²) in [5.41, 5.74) is 1.69. The summed E-state index contributed by atoms with van der Waals surface area (Å²) in [4.78, 5) is 0. The van der Waals surface area contributed by atoms with Crippen LogP contribution in [0, 0.1) is 0 Å². The zero-order chi connectivity index (χ0) is 18.9. The number of hydrogen-bond acceptors (Lipinski definition) is 2. The summed E-state index contributed by atoms with van der Waals surface area (Å²) >= 11 is 0. The fourth-order valence-electron chi connectivity index (χ4n) is 3.22. The number of benzene rings is 4. The van der Waals surface area contributed by atoms with Gasteiger partial charge in [0.15, 0.2) is 0 Å². The van der Waals surface area contributed by atoms with Crippen molar-refractivity contribution in [2.45, 2.75) is 26.3 Å². The molecule has 0 fully saturated rings. The van der Waals surface area contributed by atoms with E-state index < -0.39 is 0 Å². The van der Waals surface area contributed by atoms with Crippen molar-refractivity contribution in [1.29, 1.82) is 0 Å². The molecule has 0 radical (unpaired) electrons. The molecule has 3 heteroatoms. The molecule has 0 bridgehead atoms. The third-order valence-corrected chi connectivity index (χ3v) is 4.60. The number of anilines is 1. The Morgan fingerprint density at radius 1 is 0.630 bits per heavy atom. The molecule has 0 aliphatic carbocycles. The molecule has 4 rings (SSSR count). The molecule has 27 heavy (non-hydrogen) atoms. The first-order valence-corrected chi connectivity index (χ1v) is 9.20. The molecule has 0 atom stereocenters. The smallest absolute Gasteiger partial charge is 0.0880 e. The average Bonchev–Trinajstić information content (AvgIpc) is 2.67. The van der Waals surface area contributed by atoms with Gasteiger partial charge in [-0.2, -0.15) is 0 Å². The number of rotatable bonds is 3. The van der Waals surface area contributed by atoms with Crippen molar-refractivity contribution in [3.05, 3.63) is 84.9 Å². The number of fused-ring (bicyclic) bond motifs is 2. The summed E-state index contributed by atoms with van der Waals surface area (Å²) in [6.07, 6.45) is 0. The SMILES string of the molecule is CC(C)(C)N(N=Nc1ccc2ccccc2c1)c1ccc2ccccc2c1. The normalized spacial score (nSPS) is 12.1. The second-order valence-electron chi connectivity index (χ2n) is 7.73. The summed E-state index contributed by atoms with van der Waals surface area (Å²) < 4.78 is 0. The second kappa shape index (κ2) is 6.84.